The van der Waals surface area contributed by atoms with Gasteiger partial charge in [-0.3, -0.25) is 4.90 Å². The van der Waals surface area contributed by atoms with Crippen LogP contribution in [0.4, 0.5) is 0 Å². The summed E-state index contributed by atoms with van der Waals surface area (Å²) in [4.78, 5) is 2.83. The SMILES string of the molecule is CC(C)C(C)N1CCC2CCCCCCC21. The van der Waals surface area contributed by atoms with Crippen LogP contribution in [0, 0.1) is 11.8 Å². The lowest BCUT2D eigenvalue weighted by Crippen LogP contribution is -2.42. The number of likely N-dealkylation sites (tertiary alicyclic amines) is 1. The summed E-state index contributed by atoms with van der Waals surface area (Å²) in [5.41, 5.74) is 0. The highest BCUT2D eigenvalue weighted by Gasteiger charge is 2.36. The Balaban J connectivity index is 2.00. The molecule has 94 valence electrons. The van der Waals surface area contributed by atoms with Crippen molar-refractivity contribution in [1.29, 1.82) is 0 Å². The highest BCUT2D eigenvalue weighted by atomic mass is 15.2. The van der Waals surface area contributed by atoms with Gasteiger partial charge in [-0.1, -0.05) is 39.5 Å². The molecular formula is C15H29N. The molecule has 3 unspecified atom stereocenters. The van der Waals surface area contributed by atoms with Gasteiger partial charge in [0.15, 0.2) is 0 Å². The zero-order valence-electron chi connectivity index (χ0n) is 11.4. The summed E-state index contributed by atoms with van der Waals surface area (Å²) < 4.78 is 0. The van der Waals surface area contributed by atoms with Crippen LogP contribution in [0.15, 0.2) is 0 Å². The molecule has 1 aliphatic carbocycles. The summed E-state index contributed by atoms with van der Waals surface area (Å²) >= 11 is 0. The fourth-order valence-electron chi connectivity index (χ4n) is 3.68. The van der Waals surface area contributed by atoms with E-state index >= 15 is 0 Å². The van der Waals surface area contributed by atoms with E-state index < -0.39 is 0 Å². The van der Waals surface area contributed by atoms with Crippen molar-refractivity contribution in [1.82, 2.24) is 4.90 Å². The van der Waals surface area contributed by atoms with E-state index in [9.17, 15) is 0 Å². The summed E-state index contributed by atoms with van der Waals surface area (Å²) in [7, 11) is 0. The predicted octanol–water partition coefficient (Wildman–Crippen LogP) is 4.08. The third kappa shape index (κ3) is 2.61. The van der Waals surface area contributed by atoms with Crippen molar-refractivity contribution in [3.63, 3.8) is 0 Å². The molecule has 16 heavy (non-hydrogen) atoms. The Bertz CT molecular complexity index is 211. The second-order valence-corrected chi connectivity index (χ2v) is 6.33. The Kier molecular flexibility index (Phi) is 4.29. The minimum atomic E-state index is 0.787. The van der Waals surface area contributed by atoms with Gasteiger partial charge in [0.05, 0.1) is 0 Å². The van der Waals surface area contributed by atoms with E-state index in [0.717, 1.165) is 23.9 Å². The van der Waals surface area contributed by atoms with Crippen molar-refractivity contribution in [3.8, 4) is 0 Å². The monoisotopic (exact) mass is 223 g/mol. The van der Waals surface area contributed by atoms with Gasteiger partial charge in [0.25, 0.3) is 0 Å². The lowest BCUT2D eigenvalue weighted by Gasteiger charge is -2.36. The van der Waals surface area contributed by atoms with Gasteiger partial charge in [-0.2, -0.15) is 0 Å². The molecule has 2 fully saturated rings. The summed E-state index contributed by atoms with van der Waals surface area (Å²) in [5, 5.41) is 0. The molecule has 2 aliphatic rings. The molecule has 1 saturated carbocycles. The van der Waals surface area contributed by atoms with E-state index in [4.69, 9.17) is 0 Å². The second-order valence-electron chi connectivity index (χ2n) is 6.33. The molecule has 0 bridgehead atoms. The average Bonchev–Trinajstić information content (AvgIpc) is 2.58. The van der Waals surface area contributed by atoms with Crippen LogP contribution in [0.2, 0.25) is 0 Å². The Morgan fingerprint density at radius 3 is 2.25 bits per heavy atom. The standard InChI is InChI=1S/C15H29N/c1-12(2)13(3)16-11-10-14-8-6-4-5-7-9-15(14)16/h12-15H,4-11H2,1-3H3. The number of fused-ring (bicyclic) bond motifs is 1. The van der Waals surface area contributed by atoms with Crippen molar-refractivity contribution < 1.29 is 0 Å². The molecule has 0 aromatic carbocycles. The molecule has 0 spiro atoms. The maximum Gasteiger partial charge on any atom is 0.0127 e. The molecular weight excluding hydrogens is 194 g/mol. The van der Waals surface area contributed by atoms with Crippen LogP contribution in [0.5, 0.6) is 0 Å². The maximum absolute atomic E-state index is 2.83. The molecule has 0 aromatic rings. The van der Waals surface area contributed by atoms with Gasteiger partial charge in [0.1, 0.15) is 0 Å². The molecule has 0 N–H and O–H groups in total. The minimum absolute atomic E-state index is 0.787. The normalized spacial score (nSPS) is 34.5. The van der Waals surface area contributed by atoms with Gasteiger partial charge >= 0.3 is 0 Å². The van der Waals surface area contributed by atoms with Crippen molar-refractivity contribution in [2.45, 2.75) is 77.8 Å². The number of hydrogen-bond donors (Lipinski definition) is 0. The van der Waals surface area contributed by atoms with E-state index in [1.165, 1.54) is 51.5 Å². The summed E-state index contributed by atoms with van der Waals surface area (Å²) in [5.74, 6) is 1.84. The third-order valence-electron chi connectivity index (χ3n) is 5.04. The summed E-state index contributed by atoms with van der Waals surface area (Å²) in [6.07, 6.45) is 10.4. The quantitative estimate of drug-likeness (QED) is 0.682. The van der Waals surface area contributed by atoms with Crippen molar-refractivity contribution in [2.24, 2.45) is 11.8 Å². The van der Waals surface area contributed by atoms with Gasteiger partial charge in [0.2, 0.25) is 0 Å². The maximum atomic E-state index is 2.83. The van der Waals surface area contributed by atoms with Gasteiger partial charge in [-0.05, 0) is 44.6 Å². The molecule has 1 heterocycles. The van der Waals surface area contributed by atoms with Crippen molar-refractivity contribution in [2.75, 3.05) is 6.54 Å². The lowest BCUT2D eigenvalue weighted by atomic mass is 9.87. The molecule has 0 amide bonds. The first-order valence-corrected chi connectivity index (χ1v) is 7.46. The van der Waals surface area contributed by atoms with Crippen LogP contribution < -0.4 is 0 Å². The first-order valence-electron chi connectivity index (χ1n) is 7.46. The Morgan fingerprint density at radius 2 is 1.56 bits per heavy atom. The molecule has 1 heteroatoms. The van der Waals surface area contributed by atoms with Crippen molar-refractivity contribution >= 4 is 0 Å². The van der Waals surface area contributed by atoms with E-state index in [-0.39, 0.29) is 0 Å². The Hall–Kier alpha value is -0.0400. The smallest absolute Gasteiger partial charge is 0.0127 e. The van der Waals surface area contributed by atoms with Crippen LogP contribution in [0.25, 0.3) is 0 Å². The third-order valence-corrected chi connectivity index (χ3v) is 5.04. The van der Waals surface area contributed by atoms with Gasteiger partial charge < -0.3 is 0 Å². The summed E-state index contributed by atoms with van der Waals surface area (Å²) in [6.45, 7) is 8.56. The molecule has 3 atom stereocenters. The Morgan fingerprint density at radius 1 is 0.875 bits per heavy atom. The molecule has 0 radical (unpaired) electrons. The average molecular weight is 223 g/mol. The summed E-state index contributed by atoms with van der Waals surface area (Å²) in [6, 6.07) is 1.71. The van der Waals surface area contributed by atoms with Crippen LogP contribution in [0.1, 0.15) is 65.7 Å². The lowest BCUT2D eigenvalue weighted by molar-refractivity contribution is 0.122. The first-order chi connectivity index (χ1) is 7.70. The fraction of sp³-hybridized carbons (Fsp3) is 1.00. The van der Waals surface area contributed by atoms with E-state index in [0.29, 0.717) is 0 Å². The van der Waals surface area contributed by atoms with Crippen LogP contribution in [-0.2, 0) is 0 Å². The minimum Gasteiger partial charge on any atom is -0.297 e. The highest BCUT2D eigenvalue weighted by Crippen LogP contribution is 2.36. The number of rotatable bonds is 2. The van der Waals surface area contributed by atoms with Crippen LogP contribution >= 0.6 is 0 Å². The molecule has 1 aliphatic heterocycles. The number of hydrogen-bond acceptors (Lipinski definition) is 1. The molecule has 1 nitrogen and oxygen atoms in total. The highest BCUT2D eigenvalue weighted by molar-refractivity contribution is 4.91. The zero-order chi connectivity index (χ0) is 11.5. The largest absolute Gasteiger partial charge is 0.297 e. The number of nitrogens with zero attached hydrogens (tertiary/aromatic N) is 1. The van der Waals surface area contributed by atoms with Crippen LogP contribution in [0.3, 0.4) is 0 Å². The molecule has 2 rings (SSSR count). The Labute approximate surface area is 102 Å². The van der Waals surface area contributed by atoms with E-state index in [1.807, 2.05) is 0 Å². The first kappa shape index (κ1) is 12.4. The van der Waals surface area contributed by atoms with Gasteiger partial charge in [-0.25, -0.2) is 0 Å². The topological polar surface area (TPSA) is 3.24 Å². The van der Waals surface area contributed by atoms with Gasteiger partial charge in [-0.15, -0.1) is 0 Å². The van der Waals surface area contributed by atoms with E-state index in [1.54, 1.807) is 0 Å². The fourth-order valence-corrected chi connectivity index (χ4v) is 3.68. The molecule has 1 saturated heterocycles. The predicted molar refractivity (Wildman–Crippen MR) is 70.6 cm³/mol. The van der Waals surface area contributed by atoms with Gasteiger partial charge in [0, 0.05) is 12.1 Å². The second kappa shape index (κ2) is 5.53. The zero-order valence-corrected chi connectivity index (χ0v) is 11.4. The van der Waals surface area contributed by atoms with Crippen molar-refractivity contribution in [3.05, 3.63) is 0 Å². The molecule has 0 aromatic heterocycles. The van der Waals surface area contributed by atoms with E-state index in [2.05, 4.69) is 25.7 Å². The van der Waals surface area contributed by atoms with Crippen LogP contribution in [-0.4, -0.2) is 23.5 Å².